The first-order chi connectivity index (χ1) is 8.97. The molecule has 0 unspecified atom stereocenters. The van der Waals surface area contributed by atoms with Crippen molar-refractivity contribution in [3.05, 3.63) is 56.5 Å². The van der Waals surface area contributed by atoms with Gasteiger partial charge in [-0.3, -0.25) is 4.79 Å². The maximum atomic E-state index is 12.0. The van der Waals surface area contributed by atoms with Gasteiger partial charge in [0.15, 0.2) is 0 Å². The minimum atomic E-state index is -0.300. The summed E-state index contributed by atoms with van der Waals surface area (Å²) in [6, 6.07) is 9.88. The molecule has 0 aliphatic carbocycles. The van der Waals surface area contributed by atoms with Crippen LogP contribution in [0.3, 0.4) is 0 Å². The Kier molecular flexibility index (Phi) is 4.34. The number of benzene rings is 2. The van der Waals surface area contributed by atoms with Gasteiger partial charge in [-0.15, -0.1) is 0 Å². The van der Waals surface area contributed by atoms with Crippen molar-refractivity contribution in [2.75, 3.05) is 11.1 Å². The van der Waals surface area contributed by atoms with E-state index in [0.29, 0.717) is 27.0 Å². The lowest BCUT2D eigenvalue weighted by Crippen LogP contribution is -2.12. The van der Waals surface area contributed by atoms with E-state index in [-0.39, 0.29) is 5.91 Å². The standard InChI is InChI=1S/C13H9BrCl2N2O/c14-8-5-10(15)12(11(16)6-8)18-13(19)7-1-3-9(17)4-2-7/h1-6H,17H2,(H,18,19). The predicted molar refractivity (Wildman–Crippen MR) is 83.0 cm³/mol. The molecule has 1 amide bonds. The number of hydrogen-bond acceptors (Lipinski definition) is 2. The number of nitrogen functional groups attached to an aromatic ring is 1. The van der Waals surface area contributed by atoms with Crippen molar-refractivity contribution in [3.63, 3.8) is 0 Å². The monoisotopic (exact) mass is 358 g/mol. The van der Waals surface area contributed by atoms with E-state index < -0.39 is 0 Å². The molecule has 3 nitrogen and oxygen atoms in total. The lowest BCUT2D eigenvalue weighted by Gasteiger charge is -2.10. The highest BCUT2D eigenvalue weighted by Crippen LogP contribution is 2.34. The maximum Gasteiger partial charge on any atom is 0.255 e. The average Bonchev–Trinajstić information content (AvgIpc) is 2.34. The molecular formula is C13H9BrCl2N2O. The molecule has 0 bridgehead atoms. The largest absolute Gasteiger partial charge is 0.399 e. The van der Waals surface area contributed by atoms with Crippen LogP contribution in [0.5, 0.6) is 0 Å². The SMILES string of the molecule is Nc1ccc(C(=O)Nc2c(Cl)cc(Br)cc2Cl)cc1. The smallest absolute Gasteiger partial charge is 0.255 e. The van der Waals surface area contributed by atoms with Crippen molar-refractivity contribution in [2.24, 2.45) is 0 Å². The van der Waals surface area contributed by atoms with Crippen LogP contribution in [0, 0.1) is 0 Å². The van der Waals surface area contributed by atoms with Crippen LogP contribution in [0.15, 0.2) is 40.9 Å². The van der Waals surface area contributed by atoms with Crippen LogP contribution in [-0.2, 0) is 0 Å². The van der Waals surface area contributed by atoms with E-state index in [1.165, 1.54) is 0 Å². The van der Waals surface area contributed by atoms with E-state index in [4.69, 9.17) is 28.9 Å². The Morgan fingerprint density at radius 3 is 2.16 bits per heavy atom. The minimum absolute atomic E-state index is 0.300. The van der Waals surface area contributed by atoms with Crippen LogP contribution in [0.4, 0.5) is 11.4 Å². The van der Waals surface area contributed by atoms with Gasteiger partial charge in [-0.25, -0.2) is 0 Å². The Bertz CT molecular complexity index is 606. The van der Waals surface area contributed by atoms with Crippen LogP contribution in [0.25, 0.3) is 0 Å². The van der Waals surface area contributed by atoms with Gasteiger partial charge in [0.05, 0.1) is 15.7 Å². The lowest BCUT2D eigenvalue weighted by atomic mass is 10.2. The van der Waals surface area contributed by atoms with Crippen LogP contribution in [-0.4, -0.2) is 5.91 Å². The Morgan fingerprint density at radius 2 is 1.63 bits per heavy atom. The topological polar surface area (TPSA) is 55.1 Å². The fourth-order valence-electron chi connectivity index (χ4n) is 1.48. The number of amides is 1. The number of carbonyl (C=O) groups is 1. The van der Waals surface area contributed by atoms with Crippen LogP contribution < -0.4 is 11.1 Å². The summed E-state index contributed by atoms with van der Waals surface area (Å²) < 4.78 is 0.744. The van der Waals surface area contributed by atoms with Crippen molar-refractivity contribution in [2.45, 2.75) is 0 Å². The molecule has 98 valence electrons. The highest BCUT2D eigenvalue weighted by atomic mass is 79.9. The molecule has 0 radical (unpaired) electrons. The Labute approximate surface area is 128 Å². The third-order valence-corrected chi connectivity index (χ3v) is 3.47. The van der Waals surface area contributed by atoms with Crippen molar-refractivity contribution < 1.29 is 4.79 Å². The first-order valence-electron chi connectivity index (χ1n) is 5.29. The number of nitrogens with one attached hydrogen (secondary N) is 1. The van der Waals surface area contributed by atoms with Gasteiger partial charge in [0, 0.05) is 15.7 Å². The number of carbonyl (C=O) groups excluding carboxylic acids is 1. The number of nitrogens with two attached hydrogens (primary N) is 1. The molecule has 0 aliphatic heterocycles. The van der Waals surface area contributed by atoms with E-state index in [1.807, 2.05) is 0 Å². The van der Waals surface area contributed by atoms with Crippen molar-refractivity contribution in [1.29, 1.82) is 0 Å². The molecule has 0 saturated carbocycles. The number of halogens is 3. The van der Waals surface area contributed by atoms with Gasteiger partial charge >= 0.3 is 0 Å². The van der Waals surface area contributed by atoms with Gasteiger partial charge in [-0.2, -0.15) is 0 Å². The van der Waals surface area contributed by atoms with Crippen LogP contribution in [0.1, 0.15) is 10.4 Å². The van der Waals surface area contributed by atoms with E-state index >= 15 is 0 Å². The molecule has 19 heavy (non-hydrogen) atoms. The fraction of sp³-hybridized carbons (Fsp3) is 0. The summed E-state index contributed by atoms with van der Waals surface area (Å²) in [6.07, 6.45) is 0. The molecule has 3 N–H and O–H groups in total. The molecule has 2 aromatic carbocycles. The third-order valence-electron chi connectivity index (χ3n) is 2.42. The second kappa shape index (κ2) is 5.82. The van der Waals surface area contributed by atoms with Crippen molar-refractivity contribution >= 4 is 56.4 Å². The fourth-order valence-corrected chi connectivity index (χ4v) is 2.78. The summed E-state index contributed by atoms with van der Waals surface area (Å²) in [5, 5.41) is 3.41. The molecule has 6 heteroatoms. The highest BCUT2D eigenvalue weighted by molar-refractivity contribution is 9.10. The number of anilines is 2. The second-order valence-electron chi connectivity index (χ2n) is 3.82. The van der Waals surface area contributed by atoms with Crippen molar-refractivity contribution in [3.8, 4) is 0 Å². The van der Waals surface area contributed by atoms with E-state index in [2.05, 4.69) is 21.2 Å². The average molecular weight is 360 g/mol. The predicted octanol–water partition coefficient (Wildman–Crippen LogP) is 4.59. The lowest BCUT2D eigenvalue weighted by molar-refractivity contribution is 0.102. The Balaban J connectivity index is 2.26. The summed E-state index contributed by atoms with van der Waals surface area (Å²) in [6.45, 7) is 0. The van der Waals surface area contributed by atoms with Gasteiger partial charge in [0.25, 0.3) is 5.91 Å². The van der Waals surface area contributed by atoms with E-state index in [9.17, 15) is 4.79 Å². The molecule has 2 aromatic rings. The number of rotatable bonds is 2. The molecule has 0 atom stereocenters. The molecule has 0 fully saturated rings. The molecule has 0 heterocycles. The van der Waals surface area contributed by atoms with Gasteiger partial charge in [0.2, 0.25) is 0 Å². The summed E-state index contributed by atoms with van der Waals surface area (Å²) in [7, 11) is 0. The first kappa shape index (κ1) is 14.2. The van der Waals surface area contributed by atoms with E-state index in [0.717, 1.165) is 4.47 Å². The van der Waals surface area contributed by atoms with Gasteiger partial charge < -0.3 is 11.1 Å². The number of hydrogen-bond donors (Lipinski definition) is 2. The summed E-state index contributed by atoms with van der Waals surface area (Å²) in [5.41, 5.74) is 7.02. The van der Waals surface area contributed by atoms with Gasteiger partial charge in [-0.05, 0) is 36.4 Å². The van der Waals surface area contributed by atoms with Crippen LogP contribution >= 0.6 is 39.1 Å². The second-order valence-corrected chi connectivity index (χ2v) is 5.55. The normalized spacial score (nSPS) is 10.3. The molecule has 0 spiro atoms. The van der Waals surface area contributed by atoms with Gasteiger partial charge in [0.1, 0.15) is 0 Å². The highest BCUT2D eigenvalue weighted by Gasteiger charge is 2.12. The maximum absolute atomic E-state index is 12.0. The quantitative estimate of drug-likeness (QED) is 0.770. The first-order valence-corrected chi connectivity index (χ1v) is 6.83. The Morgan fingerprint density at radius 1 is 1.11 bits per heavy atom. The third kappa shape index (κ3) is 3.41. The molecule has 0 aliphatic rings. The zero-order valence-electron chi connectivity index (χ0n) is 9.58. The molecular weight excluding hydrogens is 351 g/mol. The summed E-state index contributed by atoms with van der Waals surface area (Å²) in [5.74, 6) is -0.300. The van der Waals surface area contributed by atoms with Crippen molar-refractivity contribution in [1.82, 2.24) is 0 Å². The minimum Gasteiger partial charge on any atom is -0.399 e. The zero-order chi connectivity index (χ0) is 14.0. The summed E-state index contributed by atoms with van der Waals surface area (Å²) >= 11 is 15.4. The summed E-state index contributed by atoms with van der Waals surface area (Å²) in [4.78, 5) is 12.0. The molecule has 0 saturated heterocycles. The van der Waals surface area contributed by atoms with Gasteiger partial charge in [-0.1, -0.05) is 39.1 Å². The zero-order valence-corrected chi connectivity index (χ0v) is 12.7. The van der Waals surface area contributed by atoms with Crippen LogP contribution in [0.2, 0.25) is 10.0 Å². The van der Waals surface area contributed by atoms with E-state index in [1.54, 1.807) is 36.4 Å². The Hall–Kier alpha value is -1.23. The molecule has 0 aromatic heterocycles. The molecule has 2 rings (SSSR count).